The summed E-state index contributed by atoms with van der Waals surface area (Å²) >= 11 is 0. The molecule has 212 valence electrons. The first-order chi connectivity index (χ1) is 21.7. The van der Waals surface area contributed by atoms with Gasteiger partial charge in [-0.25, -0.2) is 9.97 Å². The molecule has 0 radical (unpaired) electrons. The highest BCUT2D eigenvalue weighted by molar-refractivity contribution is 6.05. The van der Waals surface area contributed by atoms with Gasteiger partial charge in [0.05, 0.1) is 36.6 Å². The molecule has 3 aromatic heterocycles. The smallest absolute Gasteiger partial charge is 0.119 e. The van der Waals surface area contributed by atoms with Gasteiger partial charge in [-0.1, -0.05) is 48.5 Å². The van der Waals surface area contributed by atoms with Crippen LogP contribution in [0.3, 0.4) is 0 Å². The average Bonchev–Trinajstić information content (AvgIpc) is 3.82. The van der Waals surface area contributed by atoms with Gasteiger partial charge in [0, 0.05) is 23.5 Å². The second-order valence-corrected chi connectivity index (χ2v) is 10.8. The third kappa shape index (κ3) is 4.36. The van der Waals surface area contributed by atoms with Crippen LogP contribution in [0.25, 0.3) is 77.6 Å². The van der Waals surface area contributed by atoms with Crippen molar-refractivity contribution in [1.29, 1.82) is 0 Å². The second-order valence-electron chi connectivity index (χ2n) is 10.8. The minimum Gasteiger partial charge on any atom is -0.497 e. The van der Waals surface area contributed by atoms with E-state index in [4.69, 9.17) is 19.4 Å². The number of ether oxygens (including phenoxy) is 2. The summed E-state index contributed by atoms with van der Waals surface area (Å²) in [7, 11) is 3.38. The van der Waals surface area contributed by atoms with Gasteiger partial charge in [-0.15, -0.1) is 0 Å². The Morgan fingerprint density at radius 1 is 0.477 bits per heavy atom. The maximum atomic E-state index is 5.45. The number of nitrogens with one attached hydrogen (secondary N) is 2. The van der Waals surface area contributed by atoms with Gasteiger partial charge in [0.25, 0.3) is 0 Å². The van der Waals surface area contributed by atoms with E-state index in [-0.39, 0.29) is 0 Å². The normalized spacial score (nSPS) is 11.4. The van der Waals surface area contributed by atoms with Crippen LogP contribution in [0.4, 0.5) is 0 Å². The van der Waals surface area contributed by atoms with Crippen LogP contribution < -0.4 is 9.47 Å². The van der Waals surface area contributed by atoms with E-state index < -0.39 is 0 Å². The molecule has 44 heavy (non-hydrogen) atoms. The summed E-state index contributed by atoms with van der Waals surface area (Å²) in [6.07, 6.45) is 3.83. The highest BCUT2D eigenvalue weighted by Crippen LogP contribution is 2.39. The summed E-state index contributed by atoms with van der Waals surface area (Å²) in [6.45, 7) is 0. The highest BCUT2D eigenvalue weighted by Gasteiger charge is 2.20. The van der Waals surface area contributed by atoms with Crippen molar-refractivity contribution in [1.82, 2.24) is 19.9 Å². The lowest BCUT2D eigenvalue weighted by molar-refractivity contribution is 0.415. The van der Waals surface area contributed by atoms with Crippen LogP contribution in [0, 0.1) is 0 Å². The van der Waals surface area contributed by atoms with E-state index in [0.717, 1.165) is 89.1 Å². The van der Waals surface area contributed by atoms with Gasteiger partial charge in [-0.05, 0) is 93.3 Å². The number of hydrogen-bond donors (Lipinski definition) is 2. The Hall–Kier alpha value is -5.88. The van der Waals surface area contributed by atoms with Crippen molar-refractivity contribution in [3.63, 3.8) is 0 Å². The zero-order valence-electron chi connectivity index (χ0n) is 24.3. The summed E-state index contributed by atoms with van der Waals surface area (Å²) in [5.41, 5.74) is 9.26. The first-order valence-electron chi connectivity index (χ1n) is 14.5. The molecule has 0 fully saturated rings. The average molecular weight is 573 g/mol. The third-order valence-corrected chi connectivity index (χ3v) is 8.25. The third-order valence-electron chi connectivity index (χ3n) is 8.25. The van der Waals surface area contributed by atoms with Gasteiger partial charge >= 0.3 is 0 Å². The molecule has 3 heterocycles. The van der Waals surface area contributed by atoms with E-state index >= 15 is 0 Å². The largest absolute Gasteiger partial charge is 0.497 e. The van der Waals surface area contributed by atoms with E-state index in [1.165, 1.54) is 0 Å². The van der Waals surface area contributed by atoms with Crippen LogP contribution in [0.5, 0.6) is 11.5 Å². The molecule has 0 saturated heterocycles. The molecule has 6 nitrogen and oxygen atoms in total. The highest BCUT2D eigenvalue weighted by atomic mass is 16.5. The van der Waals surface area contributed by atoms with Gasteiger partial charge in [-0.2, -0.15) is 0 Å². The van der Waals surface area contributed by atoms with Crippen molar-refractivity contribution in [3.8, 4) is 56.5 Å². The van der Waals surface area contributed by atoms with E-state index in [2.05, 4.69) is 82.8 Å². The molecular formula is C38H28N4O2. The molecule has 0 spiro atoms. The van der Waals surface area contributed by atoms with Crippen LogP contribution >= 0.6 is 0 Å². The minimum absolute atomic E-state index is 0.791. The van der Waals surface area contributed by atoms with Crippen LogP contribution in [0.2, 0.25) is 0 Å². The number of aromatic nitrogens is 4. The molecule has 5 aromatic carbocycles. The zero-order chi connectivity index (χ0) is 29.6. The van der Waals surface area contributed by atoms with Crippen molar-refractivity contribution in [3.05, 3.63) is 122 Å². The Morgan fingerprint density at radius 2 is 0.909 bits per heavy atom. The Morgan fingerprint density at radius 3 is 1.32 bits per heavy atom. The van der Waals surface area contributed by atoms with E-state index in [9.17, 15) is 0 Å². The summed E-state index contributed by atoms with van der Waals surface area (Å²) in [5.74, 6) is 1.68. The summed E-state index contributed by atoms with van der Waals surface area (Å²) in [4.78, 5) is 17.5. The SMILES string of the molecule is COc1ccc2cc(-c3ccc(-c4ccc5cc(OC)ccc5c4)c4nc(-c5ccc[nH]5)c(-c5ccc[nH]5)nc34)ccc2c1. The van der Waals surface area contributed by atoms with E-state index in [0.29, 0.717) is 0 Å². The summed E-state index contributed by atoms with van der Waals surface area (Å²) in [5, 5.41) is 4.50. The molecule has 6 heteroatoms. The Kier molecular flexibility index (Phi) is 6.12. The number of hydrogen-bond acceptors (Lipinski definition) is 4. The summed E-state index contributed by atoms with van der Waals surface area (Å²) in [6, 6.07) is 37.7. The zero-order valence-corrected chi connectivity index (χ0v) is 24.3. The van der Waals surface area contributed by atoms with Crippen molar-refractivity contribution >= 4 is 32.6 Å². The maximum absolute atomic E-state index is 5.45. The number of aromatic amines is 2. The Bertz CT molecular complexity index is 2140. The lowest BCUT2D eigenvalue weighted by atomic mass is 9.94. The molecule has 0 amide bonds. The predicted octanol–water partition coefficient (Wildman–Crippen LogP) is 9.28. The van der Waals surface area contributed by atoms with Crippen molar-refractivity contribution in [2.45, 2.75) is 0 Å². The van der Waals surface area contributed by atoms with Gasteiger partial charge < -0.3 is 19.4 Å². The lowest BCUT2D eigenvalue weighted by Crippen LogP contribution is -1.99. The molecule has 0 aliphatic carbocycles. The molecule has 8 aromatic rings. The quantitative estimate of drug-likeness (QED) is 0.208. The molecule has 0 saturated carbocycles. The number of fused-ring (bicyclic) bond motifs is 3. The minimum atomic E-state index is 0.791. The number of benzene rings is 5. The molecule has 8 rings (SSSR count). The maximum Gasteiger partial charge on any atom is 0.119 e. The van der Waals surface area contributed by atoms with Crippen molar-refractivity contribution < 1.29 is 9.47 Å². The fraction of sp³-hybridized carbons (Fsp3) is 0.0526. The number of nitrogens with zero attached hydrogens (tertiary/aromatic N) is 2. The first-order valence-corrected chi connectivity index (χ1v) is 14.5. The molecule has 0 bridgehead atoms. The summed E-state index contributed by atoms with van der Waals surface area (Å²) < 4.78 is 10.9. The molecular weight excluding hydrogens is 544 g/mol. The standard InChI is InChI=1S/C38H28N4O2/c1-43-29-13-11-23-19-27(9-7-25(23)21-29)31-15-16-32(28-10-8-26-22-30(44-2)14-12-24(26)20-28)36-35(31)41-37(33-5-3-17-39-33)38(42-36)34-6-4-18-40-34/h3-22,39-40H,1-2H3. The Labute approximate surface area is 254 Å². The van der Waals surface area contributed by atoms with Crippen LogP contribution in [-0.2, 0) is 0 Å². The monoisotopic (exact) mass is 572 g/mol. The topological polar surface area (TPSA) is 75.8 Å². The molecule has 0 atom stereocenters. The Balaban J connectivity index is 1.40. The molecule has 2 N–H and O–H groups in total. The van der Waals surface area contributed by atoms with Crippen molar-refractivity contribution in [2.75, 3.05) is 14.2 Å². The predicted molar refractivity (Wildman–Crippen MR) is 178 cm³/mol. The molecule has 0 aliphatic heterocycles. The molecule has 0 aliphatic rings. The van der Waals surface area contributed by atoms with Gasteiger partial charge in [0.2, 0.25) is 0 Å². The first kappa shape index (κ1) is 25.8. The van der Waals surface area contributed by atoms with E-state index in [1.807, 2.05) is 48.8 Å². The van der Waals surface area contributed by atoms with Gasteiger partial charge in [0.1, 0.15) is 22.9 Å². The second kappa shape index (κ2) is 10.4. The molecule has 0 unspecified atom stereocenters. The van der Waals surface area contributed by atoms with Crippen molar-refractivity contribution in [2.24, 2.45) is 0 Å². The van der Waals surface area contributed by atoms with Crippen LogP contribution in [0.15, 0.2) is 122 Å². The number of rotatable bonds is 6. The fourth-order valence-corrected chi connectivity index (χ4v) is 5.97. The van der Waals surface area contributed by atoms with Crippen LogP contribution in [0.1, 0.15) is 0 Å². The van der Waals surface area contributed by atoms with Gasteiger partial charge in [0.15, 0.2) is 0 Å². The number of H-pyrrole nitrogens is 2. The lowest BCUT2D eigenvalue weighted by Gasteiger charge is -2.15. The van der Waals surface area contributed by atoms with E-state index in [1.54, 1.807) is 14.2 Å². The van der Waals surface area contributed by atoms with Crippen LogP contribution in [-0.4, -0.2) is 34.2 Å². The van der Waals surface area contributed by atoms with Gasteiger partial charge in [-0.3, -0.25) is 0 Å². The fourth-order valence-electron chi connectivity index (χ4n) is 5.97. The number of methoxy groups -OCH3 is 2.